The molecule has 3 heteroatoms. The third-order valence-electron chi connectivity index (χ3n) is 4.15. The van der Waals surface area contributed by atoms with Gasteiger partial charge in [-0.15, -0.1) is 0 Å². The third-order valence-corrected chi connectivity index (χ3v) is 4.15. The first-order valence-electron chi connectivity index (χ1n) is 6.90. The van der Waals surface area contributed by atoms with Crippen LogP contribution in [0.4, 0.5) is 0 Å². The van der Waals surface area contributed by atoms with Crippen molar-refractivity contribution < 1.29 is 0 Å². The lowest BCUT2D eigenvalue weighted by atomic mass is 9.86. The van der Waals surface area contributed by atoms with Gasteiger partial charge >= 0.3 is 0 Å². The number of hydrogen-bond acceptors (Lipinski definition) is 3. The fraction of sp³-hybridized carbons (Fsp3) is 1.00. The molecule has 16 heavy (non-hydrogen) atoms. The van der Waals surface area contributed by atoms with E-state index in [-0.39, 0.29) is 0 Å². The second kappa shape index (κ2) is 5.99. The van der Waals surface area contributed by atoms with E-state index < -0.39 is 0 Å². The maximum absolute atomic E-state index is 6.06. The van der Waals surface area contributed by atoms with Crippen LogP contribution in [0.3, 0.4) is 0 Å². The number of likely N-dealkylation sites (N-methyl/N-ethyl adjacent to an activating group) is 1. The van der Waals surface area contributed by atoms with E-state index in [1.165, 1.54) is 64.8 Å². The highest BCUT2D eigenvalue weighted by atomic mass is 15.2. The lowest BCUT2D eigenvalue weighted by molar-refractivity contribution is 0.196. The summed E-state index contributed by atoms with van der Waals surface area (Å²) in [5.41, 5.74) is 6.06. The Bertz CT molecular complexity index is 207. The molecular weight excluding hydrogens is 198 g/mol. The van der Waals surface area contributed by atoms with Crippen LogP contribution in [-0.2, 0) is 0 Å². The van der Waals surface area contributed by atoms with Gasteiger partial charge in [0.15, 0.2) is 0 Å². The van der Waals surface area contributed by atoms with E-state index in [0.717, 1.165) is 5.92 Å². The molecule has 0 amide bonds. The smallest absolute Gasteiger partial charge is 0.0109 e. The Labute approximate surface area is 100.0 Å². The summed E-state index contributed by atoms with van der Waals surface area (Å²) in [7, 11) is 2.24. The summed E-state index contributed by atoms with van der Waals surface area (Å²) in [5, 5.41) is 0. The van der Waals surface area contributed by atoms with Crippen LogP contribution in [0.25, 0.3) is 0 Å². The van der Waals surface area contributed by atoms with Gasteiger partial charge in [-0.2, -0.15) is 0 Å². The van der Waals surface area contributed by atoms with Gasteiger partial charge in [0.05, 0.1) is 0 Å². The van der Waals surface area contributed by atoms with Crippen molar-refractivity contribution >= 4 is 0 Å². The summed E-state index contributed by atoms with van der Waals surface area (Å²) in [4.78, 5) is 5.11. The van der Waals surface area contributed by atoms with Gasteiger partial charge in [0.25, 0.3) is 0 Å². The molecule has 0 radical (unpaired) electrons. The monoisotopic (exact) mass is 225 g/mol. The Morgan fingerprint density at radius 3 is 2.75 bits per heavy atom. The highest BCUT2D eigenvalue weighted by molar-refractivity contribution is 4.78. The average Bonchev–Trinajstić information content (AvgIpc) is 2.44. The fourth-order valence-corrected chi connectivity index (χ4v) is 3.15. The lowest BCUT2D eigenvalue weighted by Crippen LogP contribution is -2.37. The second-order valence-electron chi connectivity index (χ2n) is 5.75. The van der Waals surface area contributed by atoms with Crippen molar-refractivity contribution in [2.24, 2.45) is 11.7 Å². The highest BCUT2D eigenvalue weighted by Gasteiger charge is 2.22. The lowest BCUT2D eigenvalue weighted by Gasteiger charge is -2.31. The summed E-state index contributed by atoms with van der Waals surface area (Å²) >= 11 is 0. The molecule has 3 nitrogen and oxygen atoms in total. The maximum Gasteiger partial charge on any atom is 0.0109 e. The molecule has 0 bridgehead atoms. The minimum atomic E-state index is 0.480. The van der Waals surface area contributed by atoms with E-state index in [0.29, 0.717) is 6.04 Å². The predicted octanol–water partition coefficient (Wildman–Crippen LogP) is 1.14. The van der Waals surface area contributed by atoms with E-state index in [9.17, 15) is 0 Å². The molecule has 1 saturated carbocycles. The molecule has 1 aliphatic carbocycles. The summed E-state index contributed by atoms with van der Waals surface area (Å²) in [6.45, 7) is 6.33. The summed E-state index contributed by atoms with van der Waals surface area (Å²) in [5.74, 6) is 0.868. The van der Waals surface area contributed by atoms with Crippen molar-refractivity contribution in [2.45, 2.75) is 38.1 Å². The van der Waals surface area contributed by atoms with Gasteiger partial charge in [-0.1, -0.05) is 6.42 Å². The molecule has 0 aromatic heterocycles. The quantitative estimate of drug-likeness (QED) is 0.765. The molecule has 1 heterocycles. The zero-order chi connectivity index (χ0) is 11.4. The molecule has 2 rings (SSSR count). The highest BCUT2D eigenvalue weighted by Crippen LogP contribution is 2.24. The Morgan fingerprint density at radius 2 is 1.94 bits per heavy atom. The van der Waals surface area contributed by atoms with E-state index in [2.05, 4.69) is 16.8 Å². The standard InChI is InChI=1S/C13H27N3/c1-15-6-3-7-16(9-8-15)11-12-4-2-5-13(14)10-12/h12-13H,2-11,14H2,1H3. The minimum Gasteiger partial charge on any atom is -0.328 e. The van der Waals surface area contributed by atoms with Gasteiger partial charge in [-0.25, -0.2) is 0 Å². The van der Waals surface area contributed by atoms with E-state index in [1.807, 2.05) is 0 Å². The largest absolute Gasteiger partial charge is 0.328 e. The molecule has 1 saturated heterocycles. The van der Waals surface area contributed by atoms with Crippen molar-refractivity contribution in [3.8, 4) is 0 Å². The van der Waals surface area contributed by atoms with Gasteiger partial charge < -0.3 is 15.5 Å². The van der Waals surface area contributed by atoms with Crippen LogP contribution in [0.1, 0.15) is 32.1 Å². The average molecular weight is 225 g/mol. The minimum absolute atomic E-state index is 0.480. The first-order chi connectivity index (χ1) is 7.74. The Balaban J connectivity index is 1.75. The van der Waals surface area contributed by atoms with Gasteiger partial charge in [0.2, 0.25) is 0 Å². The van der Waals surface area contributed by atoms with Crippen molar-refractivity contribution in [3.63, 3.8) is 0 Å². The molecule has 0 spiro atoms. The molecule has 2 aliphatic rings. The van der Waals surface area contributed by atoms with Crippen molar-refractivity contribution in [2.75, 3.05) is 39.8 Å². The number of rotatable bonds is 2. The summed E-state index contributed by atoms with van der Waals surface area (Å²) in [6, 6.07) is 0.480. The van der Waals surface area contributed by atoms with Crippen LogP contribution in [0.2, 0.25) is 0 Å². The fourth-order valence-electron chi connectivity index (χ4n) is 3.15. The number of nitrogens with zero attached hydrogens (tertiary/aromatic N) is 2. The van der Waals surface area contributed by atoms with E-state index in [1.54, 1.807) is 0 Å². The van der Waals surface area contributed by atoms with Crippen LogP contribution in [0.15, 0.2) is 0 Å². The van der Waals surface area contributed by atoms with Crippen LogP contribution in [-0.4, -0.2) is 55.6 Å². The SMILES string of the molecule is CN1CCCN(CC2CCCC(N)C2)CC1. The molecular formula is C13H27N3. The normalized spacial score (nSPS) is 34.9. The molecule has 94 valence electrons. The molecule has 2 N–H and O–H groups in total. The Hall–Kier alpha value is -0.120. The summed E-state index contributed by atoms with van der Waals surface area (Å²) in [6.07, 6.45) is 6.58. The molecule has 0 aromatic rings. The zero-order valence-electron chi connectivity index (χ0n) is 10.7. The van der Waals surface area contributed by atoms with Gasteiger partial charge in [-0.3, -0.25) is 0 Å². The molecule has 1 aliphatic heterocycles. The van der Waals surface area contributed by atoms with Gasteiger partial charge in [0.1, 0.15) is 0 Å². The summed E-state index contributed by atoms with van der Waals surface area (Å²) < 4.78 is 0. The van der Waals surface area contributed by atoms with Crippen LogP contribution in [0.5, 0.6) is 0 Å². The van der Waals surface area contributed by atoms with Gasteiger partial charge in [-0.05, 0) is 51.7 Å². The Morgan fingerprint density at radius 1 is 1.06 bits per heavy atom. The van der Waals surface area contributed by atoms with Crippen LogP contribution in [0, 0.1) is 5.92 Å². The third kappa shape index (κ3) is 3.72. The topological polar surface area (TPSA) is 32.5 Å². The molecule has 2 fully saturated rings. The second-order valence-corrected chi connectivity index (χ2v) is 5.75. The number of nitrogens with two attached hydrogens (primary N) is 1. The zero-order valence-corrected chi connectivity index (χ0v) is 10.7. The molecule has 2 unspecified atom stereocenters. The maximum atomic E-state index is 6.06. The molecule has 2 atom stereocenters. The van der Waals surface area contributed by atoms with Gasteiger partial charge in [0, 0.05) is 25.7 Å². The van der Waals surface area contributed by atoms with Crippen molar-refractivity contribution in [3.05, 3.63) is 0 Å². The first-order valence-corrected chi connectivity index (χ1v) is 6.90. The Kier molecular flexibility index (Phi) is 4.62. The van der Waals surface area contributed by atoms with E-state index in [4.69, 9.17) is 5.73 Å². The van der Waals surface area contributed by atoms with Crippen LogP contribution >= 0.6 is 0 Å². The van der Waals surface area contributed by atoms with Crippen molar-refractivity contribution in [1.82, 2.24) is 9.80 Å². The van der Waals surface area contributed by atoms with Crippen molar-refractivity contribution in [1.29, 1.82) is 0 Å². The number of hydrogen-bond donors (Lipinski definition) is 1. The molecule has 0 aromatic carbocycles. The first kappa shape index (κ1) is 12.3. The van der Waals surface area contributed by atoms with E-state index >= 15 is 0 Å². The van der Waals surface area contributed by atoms with Crippen LogP contribution < -0.4 is 5.73 Å². The predicted molar refractivity (Wildman–Crippen MR) is 68.5 cm³/mol.